The number of esters is 1. The summed E-state index contributed by atoms with van der Waals surface area (Å²) in [5.41, 5.74) is 0.425. The molecule has 0 aliphatic rings. The van der Waals surface area contributed by atoms with Gasteiger partial charge in [0, 0.05) is 4.90 Å². The van der Waals surface area contributed by atoms with Gasteiger partial charge in [0.2, 0.25) is 0 Å². The van der Waals surface area contributed by atoms with Crippen LogP contribution in [0.3, 0.4) is 0 Å². The molecule has 1 rings (SSSR count). The Bertz CT molecular complexity index is 336. The number of thiol groups is 1. The lowest BCUT2D eigenvalue weighted by Crippen LogP contribution is -2.05. The van der Waals surface area contributed by atoms with Gasteiger partial charge in [0.15, 0.2) is 0 Å². The van der Waals surface area contributed by atoms with Crippen molar-refractivity contribution in [3.8, 4) is 5.75 Å². The molecule has 4 heteroatoms. The molecule has 0 N–H and O–H groups in total. The van der Waals surface area contributed by atoms with E-state index in [0.29, 0.717) is 22.8 Å². The minimum atomic E-state index is -0.378. The quantitative estimate of drug-likeness (QED) is 0.616. The summed E-state index contributed by atoms with van der Waals surface area (Å²) in [5, 5.41) is 0. The summed E-state index contributed by atoms with van der Waals surface area (Å²) in [5.74, 6) is 0.238. The standard InChI is InChI=1S/C10H12O3S/c1-3-13-10(11)8-6-7(12-2)4-5-9(8)14/h4-6,14H,3H2,1-2H3. The van der Waals surface area contributed by atoms with Crippen LogP contribution in [-0.2, 0) is 4.74 Å². The summed E-state index contributed by atoms with van der Waals surface area (Å²) < 4.78 is 9.86. The zero-order chi connectivity index (χ0) is 10.6. The minimum Gasteiger partial charge on any atom is -0.497 e. The van der Waals surface area contributed by atoms with Crippen LogP contribution in [0, 0.1) is 0 Å². The van der Waals surface area contributed by atoms with Crippen LogP contribution in [0.5, 0.6) is 5.75 Å². The molecule has 0 bridgehead atoms. The lowest BCUT2D eigenvalue weighted by atomic mass is 10.2. The van der Waals surface area contributed by atoms with Crippen molar-refractivity contribution < 1.29 is 14.3 Å². The summed E-state index contributed by atoms with van der Waals surface area (Å²) in [6.45, 7) is 2.11. The van der Waals surface area contributed by atoms with E-state index < -0.39 is 0 Å². The fourth-order valence-electron chi connectivity index (χ4n) is 1.01. The van der Waals surface area contributed by atoms with Crippen LogP contribution >= 0.6 is 12.6 Å². The number of ether oxygens (including phenoxy) is 2. The summed E-state index contributed by atoms with van der Waals surface area (Å²) >= 11 is 4.16. The third kappa shape index (κ3) is 2.42. The van der Waals surface area contributed by atoms with E-state index in [1.807, 2.05) is 0 Å². The highest BCUT2D eigenvalue weighted by Gasteiger charge is 2.11. The van der Waals surface area contributed by atoms with E-state index in [1.165, 1.54) is 0 Å². The zero-order valence-electron chi connectivity index (χ0n) is 8.11. The van der Waals surface area contributed by atoms with Crippen LogP contribution in [0.1, 0.15) is 17.3 Å². The molecule has 0 fully saturated rings. The van der Waals surface area contributed by atoms with Crippen LogP contribution in [0.4, 0.5) is 0 Å². The van der Waals surface area contributed by atoms with E-state index >= 15 is 0 Å². The summed E-state index contributed by atoms with van der Waals surface area (Å²) in [6.07, 6.45) is 0. The molecular formula is C10H12O3S. The van der Waals surface area contributed by atoms with Crippen molar-refractivity contribution in [2.24, 2.45) is 0 Å². The second kappa shape index (κ2) is 4.91. The predicted molar refractivity (Wildman–Crippen MR) is 56.2 cm³/mol. The molecule has 0 aliphatic heterocycles. The number of rotatable bonds is 3. The third-order valence-electron chi connectivity index (χ3n) is 1.70. The average molecular weight is 212 g/mol. The van der Waals surface area contributed by atoms with E-state index in [2.05, 4.69) is 12.6 Å². The van der Waals surface area contributed by atoms with Crippen molar-refractivity contribution in [1.82, 2.24) is 0 Å². The maximum atomic E-state index is 11.4. The number of methoxy groups -OCH3 is 1. The van der Waals surface area contributed by atoms with Gasteiger partial charge in [-0.15, -0.1) is 12.6 Å². The molecule has 3 nitrogen and oxygen atoms in total. The zero-order valence-corrected chi connectivity index (χ0v) is 9.01. The molecule has 76 valence electrons. The molecular weight excluding hydrogens is 200 g/mol. The monoisotopic (exact) mass is 212 g/mol. The van der Waals surface area contributed by atoms with Crippen LogP contribution in [0.15, 0.2) is 23.1 Å². The lowest BCUT2D eigenvalue weighted by molar-refractivity contribution is 0.0522. The number of carbonyl (C=O) groups excluding carboxylic acids is 1. The van der Waals surface area contributed by atoms with Gasteiger partial charge in [-0.05, 0) is 25.1 Å². The van der Waals surface area contributed by atoms with Gasteiger partial charge in [-0.2, -0.15) is 0 Å². The second-order valence-corrected chi connectivity index (χ2v) is 3.09. The Morgan fingerprint density at radius 2 is 2.21 bits per heavy atom. The molecule has 1 aromatic carbocycles. The van der Waals surface area contributed by atoms with E-state index in [0.717, 1.165) is 0 Å². The highest BCUT2D eigenvalue weighted by molar-refractivity contribution is 7.80. The highest BCUT2D eigenvalue weighted by atomic mass is 32.1. The van der Waals surface area contributed by atoms with Crippen LogP contribution in [0.25, 0.3) is 0 Å². The SMILES string of the molecule is CCOC(=O)c1cc(OC)ccc1S. The molecule has 0 spiro atoms. The normalized spacial score (nSPS) is 9.64. The fourth-order valence-corrected chi connectivity index (χ4v) is 1.24. The van der Waals surface area contributed by atoms with Gasteiger partial charge in [0.25, 0.3) is 0 Å². The maximum Gasteiger partial charge on any atom is 0.339 e. The molecule has 0 aromatic heterocycles. The van der Waals surface area contributed by atoms with Gasteiger partial charge in [0.1, 0.15) is 5.75 Å². The van der Waals surface area contributed by atoms with Crippen LogP contribution < -0.4 is 4.74 Å². The maximum absolute atomic E-state index is 11.4. The molecule has 1 aromatic rings. The summed E-state index contributed by atoms with van der Waals surface area (Å²) in [4.78, 5) is 12.0. The van der Waals surface area contributed by atoms with Gasteiger partial charge in [0.05, 0.1) is 19.3 Å². The molecule has 0 saturated carbocycles. The third-order valence-corrected chi connectivity index (χ3v) is 2.09. The lowest BCUT2D eigenvalue weighted by Gasteiger charge is -2.06. The molecule has 14 heavy (non-hydrogen) atoms. The highest BCUT2D eigenvalue weighted by Crippen LogP contribution is 2.21. The molecule has 0 heterocycles. The molecule has 0 unspecified atom stereocenters. The second-order valence-electron chi connectivity index (χ2n) is 2.60. The smallest absolute Gasteiger partial charge is 0.339 e. The molecule has 0 atom stereocenters. The first-order chi connectivity index (χ1) is 6.69. The van der Waals surface area contributed by atoms with Gasteiger partial charge in [-0.3, -0.25) is 0 Å². The molecule has 0 saturated heterocycles. The average Bonchev–Trinajstić information content (AvgIpc) is 2.19. The molecule has 0 radical (unpaired) electrons. The van der Waals surface area contributed by atoms with Crippen molar-refractivity contribution in [2.45, 2.75) is 11.8 Å². The number of hydrogen-bond acceptors (Lipinski definition) is 4. The molecule has 0 amide bonds. The first-order valence-electron chi connectivity index (χ1n) is 4.23. The van der Waals surface area contributed by atoms with E-state index in [4.69, 9.17) is 9.47 Å². The Kier molecular flexibility index (Phi) is 3.83. The van der Waals surface area contributed by atoms with E-state index in [9.17, 15) is 4.79 Å². The van der Waals surface area contributed by atoms with Gasteiger partial charge in [-0.1, -0.05) is 0 Å². The topological polar surface area (TPSA) is 35.5 Å². The Hall–Kier alpha value is -1.16. The van der Waals surface area contributed by atoms with Gasteiger partial charge in [-0.25, -0.2) is 4.79 Å². The Labute approximate surface area is 88.4 Å². The van der Waals surface area contributed by atoms with Gasteiger partial charge >= 0.3 is 5.97 Å². The van der Waals surface area contributed by atoms with Crippen molar-refractivity contribution in [1.29, 1.82) is 0 Å². The van der Waals surface area contributed by atoms with Crippen molar-refractivity contribution in [2.75, 3.05) is 13.7 Å². The minimum absolute atomic E-state index is 0.350. The first kappa shape index (κ1) is 10.9. The van der Waals surface area contributed by atoms with Crippen molar-refractivity contribution in [3.05, 3.63) is 23.8 Å². The Morgan fingerprint density at radius 3 is 2.79 bits per heavy atom. The summed E-state index contributed by atoms with van der Waals surface area (Å²) in [6, 6.07) is 5.06. The van der Waals surface area contributed by atoms with E-state index in [-0.39, 0.29) is 5.97 Å². The van der Waals surface area contributed by atoms with E-state index in [1.54, 1.807) is 32.2 Å². The first-order valence-corrected chi connectivity index (χ1v) is 4.68. The van der Waals surface area contributed by atoms with Crippen LogP contribution in [0.2, 0.25) is 0 Å². The Morgan fingerprint density at radius 1 is 1.50 bits per heavy atom. The largest absolute Gasteiger partial charge is 0.497 e. The molecule has 0 aliphatic carbocycles. The number of hydrogen-bond donors (Lipinski definition) is 1. The summed E-state index contributed by atoms with van der Waals surface area (Å²) in [7, 11) is 1.54. The van der Waals surface area contributed by atoms with Crippen molar-refractivity contribution >= 4 is 18.6 Å². The van der Waals surface area contributed by atoms with Crippen LogP contribution in [-0.4, -0.2) is 19.7 Å². The Balaban J connectivity index is 2.99. The predicted octanol–water partition coefficient (Wildman–Crippen LogP) is 2.16. The fraction of sp³-hybridized carbons (Fsp3) is 0.300. The number of carbonyl (C=O) groups is 1. The number of benzene rings is 1. The van der Waals surface area contributed by atoms with Gasteiger partial charge < -0.3 is 9.47 Å². The van der Waals surface area contributed by atoms with Crippen molar-refractivity contribution in [3.63, 3.8) is 0 Å².